The Balaban J connectivity index is 1.67. The van der Waals surface area contributed by atoms with E-state index in [1.807, 2.05) is 24.7 Å². The van der Waals surface area contributed by atoms with E-state index >= 15 is 4.39 Å². The average molecular weight is 454 g/mol. The minimum absolute atomic E-state index is 0.220. The van der Waals surface area contributed by atoms with Crippen LogP contribution in [-0.2, 0) is 11.8 Å². The molecule has 3 aromatic heterocycles. The number of benzene rings is 1. The van der Waals surface area contributed by atoms with Gasteiger partial charge in [0.2, 0.25) is 0 Å². The zero-order valence-electron chi connectivity index (χ0n) is 18.3. The van der Waals surface area contributed by atoms with Crippen LogP contribution < -0.4 is 10.1 Å². The van der Waals surface area contributed by atoms with E-state index in [1.54, 1.807) is 31.5 Å². The van der Waals surface area contributed by atoms with Crippen LogP contribution in [0.1, 0.15) is 18.4 Å². The predicted octanol–water partition coefficient (Wildman–Crippen LogP) is 4.80. The van der Waals surface area contributed by atoms with Gasteiger partial charge in [0.1, 0.15) is 10.6 Å². The van der Waals surface area contributed by atoms with E-state index in [9.17, 15) is 0 Å². The number of thiophene rings is 1. The molecule has 1 fully saturated rings. The van der Waals surface area contributed by atoms with Crippen molar-refractivity contribution >= 4 is 27.4 Å². The maximum absolute atomic E-state index is 15.1. The third-order valence-electron chi connectivity index (χ3n) is 6.01. The zero-order chi connectivity index (χ0) is 22.4. The Morgan fingerprint density at radius 2 is 2.03 bits per heavy atom. The second-order valence-electron chi connectivity index (χ2n) is 7.99. The van der Waals surface area contributed by atoms with E-state index in [-0.39, 0.29) is 23.7 Å². The van der Waals surface area contributed by atoms with Crippen molar-refractivity contribution in [1.29, 1.82) is 0 Å². The van der Waals surface area contributed by atoms with Gasteiger partial charge in [-0.05, 0) is 31.4 Å². The van der Waals surface area contributed by atoms with Crippen LogP contribution in [0.15, 0.2) is 30.6 Å². The molecule has 0 bridgehead atoms. The summed E-state index contributed by atoms with van der Waals surface area (Å²) in [6.07, 6.45) is 5.69. The summed E-state index contributed by atoms with van der Waals surface area (Å²) in [4.78, 5) is 15.7. The number of ether oxygens (including phenoxy) is 2. The topological polar surface area (TPSA) is 74.1 Å². The third-order valence-corrected chi connectivity index (χ3v) is 7.23. The Hall–Kier alpha value is -3.04. The number of halogens is 1. The highest BCUT2D eigenvalue weighted by Crippen LogP contribution is 2.43. The van der Waals surface area contributed by atoms with Crippen molar-refractivity contribution in [2.24, 2.45) is 7.05 Å². The fourth-order valence-corrected chi connectivity index (χ4v) is 5.29. The van der Waals surface area contributed by atoms with Gasteiger partial charge in [-0.2, -0.15) is 0 Å². The van der Waals surface area contributed by atoms with Crippen molar-refractivity contribution in [3.05, 3.63) is 42.0 Å². The Morgan fingerprint density at radius 3 is 2.72 bits per heavy atom. The van der Waals surface area contributed by atoms with E-state index in [0.29, 0.717) is 17.2 Å². The summed E-state index contributed by atoms with van der Waals surface area (Å²) in [6.45, 7) is 1.99. The molecule has 0 radical (unpaired) electrons. The fraction of sp³-hybridized carbons (Fsp3) is 0.348. The molecule has 1 saturated carbocycles. The molecular formula is C23H24FN5O2S. The molecule has 3 heterocycles. The number of rotatable bonds is 6. The van der Waals surface area contributed by atoms with E-state index < -0.39 is 0 Å². The average Bonchev–Trinajstić information content (AvgIpc) is 3.33. The van der Waals surface area contributed by atoms with Crippen LogP contribution in [-0.4, -0.2) is 45.9 Å². The van der Waals surface area contributed by atoms with Crippen LogP contribution >= 0.6 is 11.3 Å². The maximum atomic E-state index is 15.1. The molecule has 0 unspecified atom stereocenters. The number of fused-ring (bicyclic) bond motifs is 1. The highest BCUT2D eigenvalue weighted by atomic mass is 32.1. The van der Waals surface area contributed by atoms with Gasteiger partial charge < -0.3 is 19.4 Å². The van der Waals surface area contributed by atoms with Crippen molar-refractivity contribution in [2.75, 3.05) is 19.5 Å². The first-order valence-electron chi connectivity index (χ1n) is 10.4. The molecule has 0 saturated heterocycles. The summed E-state index contributed by atoms with van der Waals surface area (Å²) < 4.78 is 27.6. The molecule has 166 valence electrons. The Kier molecular flexibility index (Phi) is 5.30. The summed E-state index contributed by atoms with van der Waals surface area (Å²) in [5.74, 6) is 1.80. The van der Waals surface area contributed by atoms with Gasteiger partial charge in [-0.1, -0.05) is 12.1 Å². The van der Waals surface area contributed by atoms with E-state index in [0.717, 1.165) is 39.3 Å². The fourth-order valence-electron chi connectivity index (χ4n) is 4.09. The lowest BCUT2D eigenvalue weighted by molar-refractivity contribution is 0.0328. The number of hydrogen-bond donors (Lipinski definition) is 1. The van der Waals surface area contributed by atoms with E-state index in [2.05, 4.69) is 10.3 Å². The quantitative estimate of drug-likeness (QED) is 0.452. The van der Waals surface area contributed by atoms with Gasteiger partial charge in [0, 0.05) is 43.0 Å². The normalized spacial score (nSPS) is 18.0. The number of nitrogens with one attached hydrogen (secondary N) is 1. The lowest BCUT2D eigenvalue weighted by Crippen LogP contribution is -2.40. The molecule has 5 rings (SSSR count). The zero-order valence-corrected chi connectivity index (χ0v) is 19.2. The van der Waals surface area contributed by atoms with Crippen molar-refractivity contribution in [1.82, 2.24) is 19.5 Å². The van der Waals surface area contributed by atoms with Crippen molar-refractivity contribution < 1.29 is 13.9 Å². The molecule has 1 aliphatic carbocycles. The number of anilines is 1. The number of hydrogen-bond acceptors (Lipinski definition) is 7. The lowest BCUT2D eigenvalue weighted by Gasteiger charge is -2.35. The summed E-state index contributed by atoms with van der Waals surface area (Å²) >= 11 is 1.45. The number of aryl methyl sites for hydroxylation is 2. The van der Waals surface area contributed by atoms with Crippen LogP contribution in [0.4, 0.5) is 10.2 Å². The molecule has 0 spiro atoms. The Bertz CT molecular complexity index is 1300. The van der Waals surface area contributed by atoms with Gasteiger partial charge in [0.25, 0.3) is 0 Å². The van der Waals surface area contributed by atoms with Gasteiger partial charge in [-0.15, -0.1) is 11.3 Å². The van der Waals surface area contributed by atoms with Gasteiger partial charge >= 0.3 is 0 Å². The number of imidazole rings is 1. The molecule has 0 amide bonds. The van der Waals surface area contributed by atoms with Gasteiger partial charge in [-0.3, -0.25) is 0 Å². The van der Waals surface area contributed by atoms with Gasteiger partial charge in [0.05, 0.1) is 18.6 Å². The number of nitrogens with zero attached hydrogens (tertiary/aromatic N) is 4. The van der Waals surface area contributed by atoms with Gasteiger partial charge in [0.15, 0.2) is 23.2 Å². The Morgan fingerprint density at radius 1 is 1.22 bits per heavy atom. The van der Waals surface area contributed by atoms with Crippen LogP contribution in [0.5, 0.6) is 5.75 Å². The first-order chi connectivity index (χ1) is 15.5. The molecule has 0 aliphatic heterocycles. The van der Waals surface area contributed by atoms with E-state index in [4.69, 9.17) is 19.4 Å². The predicted molar refractivity (Wildman–Crippen MR) is 124 cm³/mol. The number of aromatic nitrogens is 4. The smallest absolute Gasteiger partial charge is 0.199 e. The highest BCUT2D eigenvalue weighted by Gasteiger charge is 2.31. The highest BCUT2D eigenvalue weighted by molar-refractivity contribution is 7.22. The second kappa shape index (κ2) is 8.14. The summed E-state index contributed by atoms with van der Waals surface area (Å²) in [5.41, 5.74) is 1.44. The minimum atomic E-state index is -0.377. The number of methoxy groups -OCH3 is 2. The van der Waals surface area contributed by atoms with Crippen molar-refractivity contribution in [3.8, 4) is 27.8 Å². The molecule has 1 aliphatic rings. The molecule has 7 nitrogen and oxygen atoms in total. The standard InChI is InChI=1S/C23H24FN5O2S/c1-12-17-20(26-13-10-14(11-13)30-3)27-21(22-25-8-9-29(22)2)28-23(17)32-19(12)15-6-5-7-16(31-4)18(15)24/h5-9,13-14H,10-11H2,1-4H3,(H,26,27,28). The second-order valence-corrected chi connectivity index (χ2v) is 8.99. The minimum Gasteiger partial charge on any atom is -0.494 e. The van der Waals surface area contributed by atoms with Crippen LogP contribution in [0.25, 0.3) is 32.3 Å². The van der Waals surface area contributed by atoms with Crippen molar-refractivity contribution in [3.63, 3.8) is 0 Å². The molecule has 0 atom stereocenters. The van der Waals surface area contributed by atoms with Crippen LogP contribution in [0.3, 0.4) is 0 Å². The lowest BCUT2D eigenvalue weighted by atomic mass is 9.89. The summed E-state index contributed by atoms with van der Waals surface area (Å²) in [6, 6.07) is 5.45. The Labute approximate surface area is 189 Å². The maximum Gasteiger partial charge on any atom is 0.199 e. The molecule has 1 N–H and O–H groups in total. The largest absolute Gasteiger partial charge is 0.494 e. The monoisotopic (exact) mass is 453 g/mol. The molecule has 1 aromatic carbocycles. The first-order valence-corrected chi connectivity index (χ1v) is 11.2. The molecular weight excluding hydrogens is 429 g/mol. The SMILES string of the molecule is COc1cccc(-c2sc3nc(-c4nccn4C)nc(NC4CC(OC)C4)c3c2C)c1F. The van der Waals surface area contributed by atoms with Crippen molar-refractivity contribution in [2.45, 2.75) is 31.9 Å². The van der Waals surface area contributed by atoms with Crippen LogP contribution in [0.2, 0.25) is 0 Å². The third kappa shape index (κ3) is 3.41. The molecule has 9 heteroatoms. The summed E-state index contributed by atoms with van der Waals surface area (Å²) in [5, 5.41) is 4.48. The molecule has 4 aromatic rings. The van der Waals surface area contributed by atoms with E-state index in [1.165, 1.54) is 18.4 Å². The first kappa shape index (κ1) is 20.8. The summed E-state index contributed by atoms with van der Waals surface area (Å²) in [7, 11) is 5.12. The molecule has 32 heavy (non-hydrogen) atoms. The van der Waals surface area contributed by atoms with Crippen LogP contribution in [0, 0.1) is 12.7 Å². The van der Waals surface area contributed by atoms with Gasteiger partial charge in [-0.25, -0.2) is 19.3 Å².